The lowest BCUT2D eigenvalue weighted by atomic mass is 9.89. The molecule has 24 nitrogen and oxygen atoms in total. The molecule has 81 heavy (non-hydrogen) atoms. The van der Waals surface area contributed by atoms with Crippen LogP contribution in [-0.4, -0.2) is 205 Å². The maximum atomic E-state index is 15.5. The fraction of sp³-hybridized carbons (Fsp3) is 0.527. The van der Waals surface area contributed by atoms with Gasteiger partial charge < -0.3 is 50.3 Å². The second-order valence-corrected chi connectivity index (χ2v) is 23.5. The highest BCUT2D eigenvalue weighted by Crippen LogP contribution is 2.33. The topological polar surface area (TPSA) is 302 Å². The predicted octanol–water partition coefficient (Wildman–Crippen LogP) is 1.91. The van der Waals surface area contributed by atoms with E-state index in [0.29, 0.717) is 22.1 Å². The van der Waals surface area contributed by atoms with Gasteiger partial charge in [-0.15, -0.1) is 23.5 Å². The first kappa shape index (κ1) is 62.7. The van der Waals surface area contributed by atoms with Gasteiger partial charge in [0.15, 0.2) is 0 Å². The molecule has 2 fully saturated rings. The summed E-state index contributed by atoms with van der Waals surface area (Å²) < 4.78 is 10.8. The summed E-state index contributed by atoms with van der Waals surface area (Å²) in [5.41, 5.74) is 1.39. The monoisotopic (exact) mass is 1160 g/mol. The van der Waals surface area contributed by atoms with Crippen molar-refractivity contribution >= 4 is 105 Å². The maximum Gasteiger partial charge on any atom is 0.329 e. The maximum absolute atomic E-state index is 15.5. The molecule has 0 aliphatic carbocycles. The standard InChI is InChI=1S/C55H72N12O12S2/c1-27(2)29(5)42-53(76)78-24-40(63-46(69)38-23-57-34-19-15-17-21-36(34)61-38)48(71)59-32(8)50(73)67(12)44-52(75)66(11)43(30(6)28(3)4)54(77)79-25-39(62-45(68)37-22-56-33-18-14-16-20-35(33)60-37)47(70)58-31(7)49(72)64(9)41(51(74)65(42)10)26-81-55(44)80-13/h14-23,27-32,39-44,55H,24-26H2,1-13H3,(H,58,70)(H,59,71)(H,62,68)(H,63,69)/t29-,30+,31-,32+,39-,40+,41-,42+,43-,44-,55-/m1/s1. The molecule has 4 heterocycles. The van der Waals surface area contributed by atoms with Crippen LogP contribution >= 0.6 is 23.5 Å². The van der Waals surface area contributed by atoms with Gasteiger partial charge in [-0.1, -0.05) is 65.8 Å². The van der Waals surface area contributed by atoms with E-state index in [1.54, 1.807) is 68.6 Å². The molecule has 4 N–H and O–H groups in total. The molecule has 11 atom stereocenters. The minimum atomic E-state index is -1.67. The molecule has 2 bridgehead atoms. The first-order valence-corrected chi connectivity index (χ1v) is 28.8. The Morgan fingerprint density at radius 1 is 0.593 bits per heavy atom. The lowest BCUT2D eigenvalue weighted by molar-refractivity contribution is -0.161. The quantitative estimate of drug-likeness (QED) is 0.174. The van der Waals surface area contributed by atoms with Crippen LogP contribution in [0.5, 0.6) is 0 Å². The molecule has 0 spiro atoms. The van der Waals surface area contributed by atoms with Gasteiger partial charge in [-0.05, 0) is 68.0 Å². The highest BCUT2D eigenvalue weighted by Gasteiger charge is 2.46. The molecule has 0 unspecified atom stereocenters. The van der Waals surface area contributed by atoms with Crippen molar-refractivity contribution in [2.75, 3.05) is 53.4 Å². The lowest BCUT2D eigenvalue weighted by Crippen LogP contribution is -2.61. The lowest BCUT2D eigenvalue weighted by Gasteiger charge is -2.40. The number of esters is 2. The Kier molecular flexibility index (Phi) is 21.2. The second kappa shape index (κ2) is 27.3. The number of thioether (sulfide) groups is 2. The highest BCUT2D eigenvalue weighted by atomic mass is 32.2. The van der Waals surface area contributed by atoms with E-state index < -0.39 is 137 Å². The van der Waals surface area contributed by atoms with Crippen LogP contribution in [-0.2, 0) is 47.8 Å². The van der Waals surface area contributed by atoms with E-state index >= 15 is 9.59 Å². The molecule has 26 heteroatoms. The van der Waals surface area contributed by atoms with Crippen LogP contribution in [0.1, 0.15) is 76.4 Å². The smallest absolute Gasteiger partial charge is 0.329 e. The summed E-state index contributed by atoms with van der Waals surface area (Å²) >= 11 is 2.18. The Morgan fingerprint density at radius 2 is 0.988 bits per heavy atom. The number of rotatable bonds is 9. The van der Waals surface area contributed by atoms with Gasteiger partial charge in [0, 0.05) is 33.9 Å². The Labute approximate surface area is 478 Å². The number of nitrogens with one attached hydrogen (secondary N) is 4. The summed E-state index contributed by atoms with van der Waals surface area (Å²) in [7, 11) is 5.41. The van der Waals surface area contributed by atoms with E-state index in [4.69, 9.17) is 9.47 Å². The summed E-state index contributed by atoms with van der Waals surface area (Å²) in [5, 5.41) is 10.4. The number of aromatic nitrogens is 4. The van der Waals surface area contributed by atoms with Crippen LogP contribution in [0.15, 0.2) is 60.9 Å². The van der Waals surface area contributed by atoms with E-state index in [1.807, 2.05) is 27.7 Å². The third-order valence-electron chi connectivity index (χ3n) is 15.0. The van der Waals surface area contributed by atoms with Crippen molar-refractivity contribution in [3.8, 4) is 0 Å². The van der Waals surface area contributed by atoms with Gasteiger partial charge in [-0.2, -0.15) is 0 Å². The Morgan fingerprint density at radius 3 is 1.40 bits per heavy atom. The minimum Gasteiger partial charge on any atom is -0.461 e. The third kappa shape index (κ3) is 14.5. The van der Waals surface area contributed by atoms with E-state index in [0.717, 1.165) is 43.1 Å². The Hall–Kier alpha value is -7.48. The Balaban J connectivity index is 1.47. The zero-order valence-corrected chi connectivity index (χ0v) is 49.3. The van der Waals surface area contributed by atoms with Crippen molar-refractivity contribution in [1.82, 2.24) is 60.8 Å². The number of cyclic esters (lactones) is 2. The molecule has 0 radical (unpaired) electrons. The molecule has 8 amide bonds. The number of nitrogens with zero attached hydrogens (tertiary/aromatic N) is 8. The fourth-order valence-corrected chi connectivity index (χ4v) is 11.9. The van der Waals surface area contributed by atoms with E-state index in [2.05, 4.69) is 41.2 Å². The first-order chi connectivity index (χ1) is 38.3. The van der Waals surface area contributed by atoms with Gasteiger partial charge in [-0.3, -0.25) is 48.3 Å². The average Bonchev–Trinajstić information content (AvgIpc) is 3.69. The molecule has 4 aromatic rings. The largest absolute Gasteiger partial charge is 0.461 e. The zero-order valence-electron chi connectivity index (χ0n) is 47.7. The van der Waals surface area contributed by atoms with Gasteiger partial charge in [-0.25, -0.2) is 19.6 Å². The minimum absolute atomic E-state index is 0.180. The van der Waals surface area contributed by atoms with E-state index in [1.165, 1.54) is 54.4 Å². The molecule has 6 rings (SSSR count). The molecular weight excluding hydrogens is 1080 g/mol. The number of carbonyl (C=O) groups excluding carboxylic acids is 10. The van der Waals surface area contributed by atoms with Crippen LogP contribution in [0.2, 0.25) is 0 Å². The Bertz CT molecular complexity index is 3040. The summed E-state index contributed by atoms with van der Waals surface area (Å²) in [4.78, 5) is 168. The zero-order chi connectivity index (χ0) is 59.7. The van der Waals surface area contributed by atoms with Gasteiger partial charge in [0.25, 0.3) is 11.8 Å². The molecule has 2 aliphatic rings. The number of para-hydroxylation sites is 4. The first-order valence-electron chi connectivity index (χ1n) is 26.5. The van der Waals surface area contributed by atoms with E-state index in [-0.39, 0.29) is 29.0 Å². The predicted molar refractivity (Wildman–Crippen MR) is 303 cm³/mol. The summed E-state index contributed by atoms with van der Waals surface area (Å²) in [6, 6.07) is 1.74. The number of benzene rings is 2. The van der Waals surface area contributed by atoms with Crippen molar-refractivity contribution < 1.29 is 57.4 Å². The van der Waals surface area contributed by atoms with Crippen LogP contribution in [0, 0.1) is 23.7 Å². The van der Waals surface area contributed by atoms with Gasteiger partial charge in [0.2, 0.25) is 35.4 Å². The number of fused-ring (bicyclic) bond motifs is 6. The fourth-order valence-electron chi connectivity index (χ4n) is 9.30. The van der Waals surface area contributed by atoms with Gasteiger partial charge in [0.05, 0.1) is 39.0 Å². The summed E-state index contributed by atoms with van der Waals surface area (Å²) in [5.74, 6) is -10.8. The molecule has 2 aromatic carbocycles. The molecular formula is C55H72N12O12S2. The van der Waals surface area contributed by atoms with Crippen molar-refractivity contribution in [1.29, 1.82) is 0 Å². The van der Waals surface area contributed by atoms with Gasteiger partial charge >= 0.3 is 11.9 Å². The molecule has 0 saturated carbocycles. The highest BCUT2D eigenvalue weighted by molar-refractivity contribution is 8.16. The normalized spacial score (nSPS) is 25.5. The van der Waals surface area contributed by atoms with Crippen LogP contribution < -0.4 is 21.3 Å². The second-order valence-electron chi connectivity index (χ2n) is 21.1. The van der Waals surface area contributed by atoms with Crippen molar-refractivity contribution in [3.05, 3.63) is 72.3 Å². The third-order valence-corrected chi connectivity index (χ3v) is 17.8. The van der Waals surface area contributed by atoms with Crippen LogP contribution in [0.3, 0.4) is 0 Å². The number of hydrogen-bond acceptors (Lipinski definition) is 18. The number of likely N-dealkylation sites (N-methyl/N-ethyl adjacent to an activating group) is 4. The molecule has 2 aromatic heterocycles. The van der Waals surface area contributed by atoms with Crippen molar-refractivity contribution in [3.63, 3.8) is 0 Å². The number of amides is 8. The SMILES string of the molecule is CS[C@@H]1SC[C@@H]2C(=O)N(C)[C@@H]([C@H](C)C(C)C)C(=O)OC[C@H](NC(=O)c3cnc4ccccc4n3)C(=O)N[C@@H](C)C(=O)N(C)[C@@H]1C(=O)N(C)[C@H]([C@@H](C)C(C)C)C(=O)OC[C@@H](NC(=O)c1cnc3ccccc3n1)C(=O)N[C@H](C)C(=O)N2C. The molecule has 2 saturated heterocycles. The van der Waals surface area contributed by atoms with Crippen LogP contribution in [0.4, 0.5) is 0 Å². The number of carbonyl (C=O) groups is 10. The summed E-state index contributed by atoms with van der Waals surface area (Å²) in [6.07, 6.45) is 4.09. The molecule has 2 aliphatic heterocycles. The van der Waals surface area contributed by atoms with Crippen LogP contribution in [0.25, 0.3) is 22.1 Å². The average molecular weight is 1160 g/mol. The van der Waals surface area contributed by atoms with E-state index in [9.17, 15) is 38.4 Å². The van der Waals surface area contributed by atoms with Gasteiger partial charge in [0.1, 0.15) is 72.9 Å². The number of hydrogen-bond donors (Lipinski definition) is 4. The number of ether oxygens (including phenoxy) is 2. The molecule has 436 valence electrons. The van der Waals surface area contributed by atoms with Crippen molar-refractivity contribution in [2.45, 2.75) is 108 Å². The summed E-state index contributed by atoms with van der Waals surface area (Å²) in [6.45, 7) is 11.9. The van der Waals surface area contributed by atoms with Crippen molar-refractivity contribution in [2.24, 2.45) is 23.7 Å².